The third-order valence-electron chi connectivity index (χ3n) is 4.21. The molecule has 0 amide bonds. The molecule has 1 saturated carbocycles. The maximum Gasteiger partial charge on any atom is 0.127 e. The molecule has 1 aromatic carbocycles. The minimum Gasteiger partial charge on any atom is -0.311 e. The topological polar surface area (TPSA) is 15.3 Å². The molecule has 1 aromatic rings. The van der Waals surface area contributed by atoms with E-state index < -0.39 is 0 Å². The number of hydrogen-bond donors (Lipinski definition) is 1. The summed E-state index contributed by atoms with van der Waals surface area (Å²) in [5.74, 6) is -0.115. The van der Waals surface area contributed by atoms with Crippen molar-refractivity contribution in [1.29, 1.82) is 0 Å². The highest BCUT2D eigenvalue weighted by Gasteiger charge is 2.35. The summed E-state index contributed by atoms with van der Waals surface area (Å²) < 4.78 is 13.5. The lowest BCUT2D eigenvalue weighted by Gasteiger charge is -2.36. The minimum atomic E-state index is -0.115. The molecule has 0 aliphatic heterocycles. The summed E-state index contributed by atoms with van der Waals surface area (Å²) in [5.41, 5.74) is 1.02. The molecule has 0 aromatic heterocycles. The second kappa shape index (κ2) is 5.81. The molecule has 1 fully saturated rings. The van der Waals surface area contributed by atoms with Gasteiger partial charge in [-0.3, -0.25) is 0 Å². The van der Waals surface area contributed by atoms with Crippen LogP contribution in [0, 0.1) is 5.82 Å². The molecule has 100 valence electrons. The number of rotatable bonds is 5. The predicted octanol–water partition coefficient (Wildman–Crippen LogP) is 2.79. The third kappa shape index (κ3) is 2.90. The fourth-order valence-corrected chi connectivity index (χ4v) is 2.89. The molecule has 18 heavy (non-hydrogen) atoms. The lowest BCUT2D eigenvalue weighted by molar-refractivity contribution is 0.153. The van der Waals surface area contributed by atoms with Gasteiger partial charge in [0.2, 0.25) is 0 Å². The van der Waals surface area contributed by atoms with Crippen LogP contribution in [0.25, 0.3) is 0 Å². The van der Waals surface area contributed by atoms with Crippen molar-refractivity contribution in [1.82, 2.24) is 10.2 Å². The van der Waals surface area contributed by atoms with Gasteiger partial charge in [-0.15, -0.1) is 0 Å². The highest BCUT2D eigenvalue weighted by Crippen LogP contribution is 2.33. The predicted molar refractivity (Wildman–Crippen MR) is 73.0 cm³/mol. The van der Waals surface area contributed by atoms with E-state index in [1.165, 1.54) is 31.7 Å². The molecular formula is C15H23FN2. The van der Waals surface area contributed by atoms with Gasteiger partial charge in [-0.25, -0.2) is 4.39 Å². The van der Waals surface area contributed by atoms with Gasteiger partial charge in [0.25, 0.3) is 0 Å². The van der Waals surface area contributed by atoms with Crippen LogP contribution in [0.5, 0.6) is 0 Å². The quantitative estimate of drug-likeness (QED) is 0.864. The number of nitrogens with zero attached hydrogens (tertiary/aromatic N) is 1. The molecular weight excluding hydrogens is 227 g/mol. The molecule has 3 heteroatoms. The largest absolute Gasteiger partial charge is 0.311 e. The van der Waals surface area contributed by atoms with Gasteiger partial charge in [0.1, 0.15) is 5.82 Å². The summed E-state index contributed by atoms with van der Waals surface area (Å²) in [6, 6.07) is 6.99. The lowest BCUT2D eigenvalue weighted by atomic mass is 9.96. The zero-order chi connectivity index (χ0) is 13.0. The van der Waals surface area contributed by atoms with Crippen molar-refractivity contribution in [3.63, 3.8) is 0 Å². The lowest BCUT2D eigenvalue weighted by Crippen LogP contribution is -2.49. The number of halogens is 1. The van der Waals surface area contributed by atoms with Crippen LogP contribution in [0.4, 0.5) is 4.39 Å². The van der Waals surface area contributed by atoms with Crippen molar-refractivity contribution in [3.8, 4) is 0 Å². The molecule has 1 aliphatic carbocycles. The first-order valence-electron chi connectivity index (χ1n) is 6.76. The monoisotopic (exact) mass is 250 g/mol. The van der Waals surface area contributed by atoms with Crippen LogP contribution in [0.1, 0.15) is 31.2 Å². The van der Waals surface area contributed by atoms with E-state index in [2.05, 4.69) is 24.3 Å². The Kier molecular flexibility index (Phi) is 4.36. The summed E-state index contributed by atoms with van der Waals surface area (Å²) in [4.78, 5) is 2.33. The third-order valence-corrected chi connectivity index (χ3v) is 4.21. The average Bonchev–Trinajstić information content (AvgIpc) is 2.82. The Morgan fingerprint density at radius 2 is 1.89 bits per heavy atom. The van der Waals surface area contributed by atoms with Gasteiger partial charge in [0, 0.05) is 24.2 Å². The normalized spacial score (nSPS) is 18.4. The van der Waals surface area contributed by atoms with Crippen LogP contribution in [-0.2, 0) is 6.54 Å². The Labute approximate surface area is 109 Å². The molecule has 2 rings (SSSR count). The Morgan fingerprint density at radius 1 is 1.22 bits per heavy atom. The average molecular weight is 250 g/mol. The van der Waals surface area contributed by atoms with Crippen molar-refractivity contribution in [3.05, 3.63) is 35.6 Å². The van der Waals surface area contributed by atoms with Crippen LogP contribution in [0.2, 0.25) is 0 Å². The van der Waals surface area contributed by atoms with Gasteiger partial charge in [0.15, 0.2) is 0 Å². The molecule has 0 radical (unpaired) electrons. The highest BCUT2D eigenvalue weighted by atomic mass is 19.1. The molecule has 0 unspecified atom stereocenters. The van der Waals surface area contributed by atoms with Crippen LogP contribution in [-0.4, -0.2) is 31.1 Å². The minimum absolute atomic E-state index is 0.115. The number of benzene rings is 1. The van der Waals surface area contributed by atoms with Crippen molar-refractivity contribution < 1.29 is 4.39 Å². The first-order chi connectivity index (χ1) is 8.64. The van der Waals surface area contributed by atoms with Gasteiger partial charge < -0.3 is 10.2 Å². The second-order valence-corrected chi connectivity index (χ2v) is 5.52. The van der Waals surface area contributed by atoms with E-state index in [0.29, 0.717) is 6.54 Å². The fourth-order valence-electron chi connectivity index (χ4n) is 2.89. The highest BCUT2D eigenvalue weighted by molar-refractivity contribution is 5.17. The van der Waals surface area contributed by atoms with E-state index >= 15 is 0 Å². The van der Waals surface area contributed by atoms with Crippen molar-refractivity contribution in [2.45, 2.75) is 37.8 Å². The number of likely N-dealkylation sites (N-methyl/N-ethyl adjacent to an activating group) is 1. The molecule has 1 N–H and O–H groups in total. The van der Waals surface area contributed by atoms with Crippen LogP contribution < -0.4 is 5.32 Å². The van der Waals surface area contributed by atoms with E-state index in [-0.39, 0.29) is 11.4 Å². The van der Waals surface area contributed by atoms with Crippen molar-refractivity contribution in [2.75, 3.05) is 20.6 Å². The molecule has 2 nitrogen and oxygen atoms in total. The first-order valence-corrected chi connectivity index (χ1v) is 6.76. The Balaban J connectivity index is 1.90. The van der Waals surface area contributed by atoms with Gasteiger partial charge in [-0.1, -0.05) is 31.0 Å². The van der Waals surface area contributed by atoms with E-state index in [1.807, 2.05) is 12.1 Å². The summed E-state index contributed by atoms with van der Waals surface area (Å²) in [6.07, 6.45) is 5.09. The summed E-state index contributed by atoms with van der Waals surface area (Å²) in [6.45, 7) is 1.55. The molecule has 0 spiro atoms. The molecule has 0 saturated heterocycles. The van der Waals surface area contributed by atoms with Crippen LogP contribution >= 0.6 is 0 Å². The maximum atomic E-state index is 13.5. The van der Waals surface area contributed by atoms with Gasteiger partial charge in [-0.2, -0.15) is 0 Å². The van der Waals surface area contributed by atoms with E-state index in [9.17, 15) is 4.39 Å². The molecule has 0 heterocycles. The maximum absolute atomic E-state index is 13.5. The van der Waals surface area contributed by atoms with Crippen LogP contribution in [0.15, 0.2) is 24.3 Å². The van der Waals surface area contributed by atoms with Crippen molar-refractivity contribution >= 4 is 0 Å². The Morgan fingerprint density at radius 3 is 2.50 bits per heavy atom. The zero-order valence-electron chi connectivity index (χ0n) is 11.4. The van der Waals surface area contributed by atoms with Gasteiger partial charge in [-0.05, 0) is 33.0 Å². The van der Waals surface area contributed by atoms with E-state index in [1.54, 1.807) is 6.07 Å². The van der Waals surface area contributed by atoms with Crippen molar-refractivity contribution in [2.24, 2.45) is 0 Å². The standard InChI is InChI=1S/C15H23FN2/c1-18(2)15(9-5-6-10-15)12-17-11-13-7-3-4-8-14(13)16/h3-4,7-8,17H,5-6,9-12H2,1-2H3. The Hall–Kier alpha value is -0.930. The number of hydrogen-bond acceptors (Lipinski definition) is 2. The second-order valence-electron chi connectivity index (χ2n) is 5.52. The SMILES string of the molecule is CN(C)C1(CNCc2ccccc2F)CCCC1. The molecule has 0 bridgehead atoms. The Bertz CT molecular complexity index is 384. The van der Waals surface area contributed by atoms with E-state index in [4.69, 9.17) is 0 Å². The van der Waals surface area contributed by atoms with Gasteiger partial charge >= 0.3 is 0 Å². The van der Waals surface area contributed by atoms with E-state index in [0.717, 1.165) is 12.1 Å². The van der Waals surface area contributed by atoms with Gasteiger partial charge in [0.05, 0.1) is 0 Å². The summed E-state index contributed by atoms with van der Waals surface area (Å²) >= 11 is 0. The summed E-state index contributed by atoms with van der Waals surface area (Å²) in [5, 5.41) is 3.42. The summed E-state index contributed by atoms with van der Waals surface area (Å²) in [7, 11) is 4.30. The van der Waals surface area contributed by atoms with Crippen LogP contribution in [0.3, 0.4) is 0 Å². The zero-order valence-corrected chi connectivity index (χ0v) is 11.4. The fraction of sp³-hybridized carbons (Fsp3) is 0.600. The first kappa shape index (κ1) is 13.5. The number of nitrogens with one attached hydrogen (secondary N) is 1. The smallest absolute Gasteiger partial charge is 0.127 e. The molecule has 0 atom stereocenters. The molecule has 1 aliphatic rings.